The highest BCUT2D eigenvalue weighted by molar-refractivity contribution is 7.15. The maximum atomic E-state index is 6.13. The van der Waals surface area contributed by atoms with Gasteiger partial charge in [-0.3, -0.25) is 4.40 Å². The number of aromatic nitrogens is 2. The van der Waals surface area contributed by atoms with Gasteiger partial charge >= 0.3 is 0 Å². The SMILES string of the molecule is Cc1ccc(Cl)c(Oc2nc3sccn3c2CN)c1. The quantitative estimate of drug-likeness (QED) is 0.802. The van der Waals surface area contributed by atoms with Crippen molar-refractivity contribution in [1.29, 1.82) is 0 Å². The van der Waals surface area contributed by atoms with E-state index in [1.54, 1.807) is 0 Å². The van der Waals surface area contributed by atoms with Crippen LogP contribution in [0.2, 0.25) is 5.02 Å². The number of nitrogens with zero attached hydrogens (tertiary/aromatic N) is 2. The molecule has 6 heteroatoms. The van der Waals surface area contributed by atoms with Crippen molar-refractivity contribution in [2.24, 2.45) is 5.73 Å². The average molecular weight is 294 g/mol. The number of ether oxygens (including phenoxy) is 1. The summed E-state index contributed by atoms with van der Waals surface area (Å²) >= 11 is 7.66. The predicted octanol–water partition coefficient (Wildman–Crippen LogP) is 3.61. The number of benzene rings is 1. The summed E-state index contributed by atoms with van der Waals surface area (Å²) in [6.45, 7) is 2.34. The third-order valence-electron chi connectivity index (χ3n) is 2.81. The Kier molecular flexibility index (Phi) is 3.18. The second-order valence-corrected chi connectivity index (χ2v) is 5.44. The van der Waals surface area contributed by atoms with Crippen LogP contribution in [0, 0.1) is 6.92 Å². The Morgan fingerprint density at radius 3 is 3.11 bits per heavy atom. The van der Waals surface area contributed by atoms with Crippen LogP contribution in [0.1, 0.15) is 11.3 Å². The number of rotatable bonds is 3. The number of nitrogens with two attached hydrogens (primary N) is 1. The zero-order chi connectivity index (χ0) is 13.4. The Morgan fingerprint density at radius 2 is 2.32 bits per heavy atom. The van der Waals surface area contributed by atoms with Gasteiger partial charge in [-0.1, -0.05) is 17.7 Å². The molecule has 0 radical (unpaired) electrons. The van der Waals surface area contributed by atoms with Crippen molar-refractivity contribution in [3.8, 4) is 11.6 Å². The molecule has 0 fully saturated rings. The van der Waals surface area contributed by atoms with Crippen molar-refractivity contribution < 1.29 is 4.74 Å². The van der Waals surface area contributed by atoms with Gasteiger partial charge in [-0.2, -0.15) is 4.98 Å². The molecule has 0 saturated carbocycles. The molecule has 0 aliphatic heterocycles. The van der Waals surface area contributed by atoms with Crippen LogP contribution in [-0.4, -0.2) is 9.38 Å². The number of thiazole rings is 1. The largest absolute Gasteiger partial charge is 0.436 e. The molecule has 2 N–H and O–H groups in total. The van der Waals surface area contributed by atoms with Crippen LogP contribution in [0.25, 0.3) is 4.96 Å². The van der Waals surface area contributed by atoms with Gasteiger partial charge in [0.25, 0.3) is 0 Å². The lowest BCUT2D eigenvalue weighted by Gasteiger charge is -2.07. The Morgan fingerprint density at radius 1 is 1.47 bits per heavy atom. The lowest BCUT2D eigenvalue weighted by Crippen LogP contribution is -2.01. The third kappa shape index (κ3) is 2.20. The molecule has 1 aromatic carbocycles. The monoisotopic (exact) mass is 293 g/mol. The normalized spacial score (nSPS) is 11.1. The molecule has 2 heterocycles. The molecule has 0 atom stereocenters. The average Bonchev–Trinajstić information content (AvgIpc) is 2.94. The van der Waals surface area contributed by atoms with E-state index in [0.717, 1.165) is 16.2 Å². The number of halogens is 1. The van der Waals surface area contributed by atoms with E-state index in [1.807, 2.05) is 41.1 Å². The molecule has 2 aromatic heterocycles. The second kappa shape index (κ2) is 4.85. The highest BCUT2D eigenvalue weighted by Crippen LogP contribution is 2.32. The highest BCUT2D eigenvalue weighted by atomic mass is 35.5. The molecule has 0 unspecified atom stereocenters. The van der Waals surface area contributed by atoms with Crippen LogP contribution in [0.15, 0.2) is 29.8 Å². The zero-order valence-electron chi connectivity index (χ0n) is 10.3. The van der Waals surface area contributed by atoms with Gasteiger partial charge in [0.05, 0.1) is 5.02 Å². The van der Waals surface area contributed by atoms with Gasteiger partial charge in [-0.05, 0) is 24.6 Å². The van der Waals surface area contributed by atoms with Crippen LogP contribution < -0.4 is 10.5 Å². The molecule has 3 aromatic rings. The predicted molar refractivity (Wildman–Crippen MR) is 77.2 cm³/mol. The minimum absolute atomic E-state index is 0.358. The van der Waals surface area contributed by atoms with Gasteiger partial charge in [-0.15, -0.1) is 11.3 Å². The van der Waals surface area contributed by atoms with Crippen molar-refractivity contribution in [2.45, 2.75) is 13.5 Å². The molecule has 0 amide bonds. The van der Waals surface area contributed by atoms with Crippen LogP contribution in [0.4, 0.5) is 0 Å². The first-order chi connectivity index (χ1) is 9.19. The summed E-state index contributed by atoms with van der Waals surface area (Å²) < 4.78 is 7.75. The molecular weight excluding hydrogens is 282 g/mol. The summed E-state index contributed by atoms with van der Waals surface area (Å²) in [6, 6.07) is 5.63. The Hall–Kier alpha value is -1.56. The van der Waals surface area contributed by atoms with E-state index in [0.29, 0.717) is 23.2 Å². The fraction of sp³-hybridized carbons (Fsp3) is 0.154. The van der Waals surface area contributed by atoms with Gasteiger partial charge in [0.15, 0.2) is 4.96 Å². The Balaban J connectivity index is 2.05. The number of hydrogen-bond acceptors (Lipinski definition) is 4. The summed E-state index contributed by atoms with van der Waals surface area (Å²) in [5.74, 6) is 1.11. The fourth-order valence-electron chi connectivity index (χ4n) is 1.87. The fourth-order valence-corrected chi connectivity index (χ4v) is 2.75. The van der Waals surface area contributed by atoms with Crippen molar-refractivity contribution in [3.63, 3.8) is 0 Å². The van der Waals surface area contributed by atoms with Crippen molar-refractivity contribution >= 4 is 27.9 Å². The summed E-state index contributed by atoms with van der Waals surface area (Å²) in [5.41, 5.74) is 7.69. The smallest absolute Gasteiger partial charge is 0.243 e. The lowest BCUT2D eigenvalue weighted by atomic mass is 10.2. The molecule has 98 valence electrons. The van der Waals surface area contributed by atoms with Gasteiger partial charge < -0.3 is 10.5 Å². The summed E-state index contributed by atoms with van der Waals surface area (Å²) in [5, 5.41) is 2.52. The van der Waals surface area contributed by atoms with Gasteiger partial charge in [0, 0.05) is 18.1 Å². The maximum absolute atomic E-state index is 6.13. The van der Waals surface area contributed by atoms with Crippen molar-refractivity contribution in [3.05, 3.63) is 46.1 Å². The van der Waals surface area contributed by atoms with Crippen LogP contribution >= 0.6 is 22.9 Å². The van der Waals surface area contributed by atoms with E-state index in [-0.39, 0.29) is 0 Å². The number of fused-ring (bicyclic) bond motifs is 1. The topological polar surface area (TPSA) is 52.5 Å². The van der Waals surface area contributed by atoms with Gasteiger partial charge in [0.1, 0.15) is 11.4 Å². The number of imidazole rings is 1. The zero-order valence-corrected chi connectivity index (χ0v) is 11.8. The van der Waals surface area contributed by atoms with Crippen LogP contribution in [-0.2, 0) is 6.54 Å². The van der Waals surface area contributed by atoms with E-state index >= 15 is 0 Å². The minimum Gasteiger partial charge on any atom is -0.436 e. The van der Waals surface area contributed by atoms with E-state index in [1.165, 1.54) is 11.3 Å². The first kappa shape index (κ1) is 12.5. The molecule has 0 bridgehead atoms. The van der Waals surface area contributed by atoms with Crippen LogP contribution in [0.3, 0.4) is 0 Å². The molecule has 19 heavy (non-hydrogen) atoms. The lowest BCUT2D eigenvalue weighted by molar-refractivity contribution is 0.459. The minimum atomic E-state index is 0.358. The second-order valence-electron chi connectivity index (χ2n) is 4.16. The molecule has 0 spiro atoms. The number of hydrogen-bond donors (Lipinski definition) is 1. The first-order valence-corrected chi connectivity index (χ1v) is 7.03. The van der Waals surface area contributed by atoms with E-state index in [9.17, 15) is 0 Å². The molecule has 0 saturated heterocycles. The molecule has 0 aliphatic rings. The van der Waals surface area contributed by atoms with Gasteiger partial charge in [-0.25, -0.2) is 0 Å². The van der Waals surface area contributed by atoms with E-state index in [2.05, 4.69) is 4.98 Å². The standard InChI is InChI=1S/C13H12ClN3OS/c1-8-2-3-9(14)11(6-8)18-12-10(7-15)17-4-5-19-13(17)16-12/h2-6H,7,15H2,1H3. The highest BCUT2D eigenvalue weighted by Gasteiger charge is 2.15. The molecular formula is C13H12ClN3OS. The van der Waals surface area contributed by atoms with E-state index in [4.69, 9.17) is 22.1 Å². The molecule has 4 nitrogen and oxygen atoms in total. The Bertz CT molecular complexity index is 735. The molecule has 0 aliphatic carbocycles. The van der Waals surface area contributed by atoms with Crippen molar-refractivity contribution in [2.75, 3.05) is 0 Å². The summed E-state index contributed by atoms with van der Waals surface area (Å²) in [6.07, 6.45) is 1.93. The van der Waals surface area contributed by atoms with Crippen molar-refractivity contribution in [1.82, 2.24) is 9.38 Å². The van der Waals surface area contributed by atoms with E-state index < -0.39 is 0 Å². The first-order valence-electron chi connectivity index (χ1n) is 5.77. The third-order valence-corrected chi connectivity index (χ3v) is 3.88. The summed E-state index contributed by atoms with van der Waals surface area (Å²) in [7, 11) is 0. The van der Waals surface area contributed by atoms with Gasteiger partial charge in [0.2, 0.25) is 5.88 Å². The summed E-state index contributed by atoms with van der Waals surface area (Å²) in [4.78, 5) is 5.29. The molecule has 3 rings (SSSR count). The van der Waals surface area contributed by atoms with Crippen LogP contribution in [0.5, 0.6) is 11.6 Å². The Labute approximate surface area is 119 Å². The maximum Gasteiger partial charge on any atom is 0.243 e. The number of aryl methyl sites for hydroxylation is 1.